The molecule has 7 nitrogen and oxygen atoms in total. The highest BCUT2D eigenvalue weighted by Crippen LogP contribution is 2.20. The molecule has 1 fully saturated rings. The van der Waals surface area contributed by atoms with Crippen LogP contribution in [0.4, 0.5) is 0 Å². The van der Waals surface area contributed by atoms with Crippen LogP contribution in [0.15, 0.2) is 0 Å². The summed E-state index contributed by atoms with van der Waals surface area (Å²) in [6.07, 6.45) is 0.257. The molecule has 0 aromatic rings. The number of hydrogen-bond acceptors (Lipinski definition) is 5. The molecular weight excluding hydrogens is 190 g/mol. The zero-order valence-corrected chi connectivity index (χ0v) is 7.56. The van der Waals surface area contributed by atoms with E-state index in [1.54, 1.807) is 5.43 Å². The average Bonchev–Trinajstić information content (AvgIpc) is 2.59. The second-order valence-electron chi connectivity index (χ2n) is 3.33. The summed E-state index contributed by atoms with van der Waals surface area (Å²) in [4.78, 5) is 23.2. The largest absolute Gasteiger partial charge is 0.393 e. The number of amides is 2. The van der Waals surface area contributed by atoms with Crippen molar-refractivity contribution in [3.05, 3.63) is 0 Å². The third-order valence-electron chi connectivity index (χ3n) is 2.24. The predicted molar refractivity (Wildman–Crippen MR) is 45.6 cm³/mol. The van der Waals surface area contributed by atoms with Crippen molar-refractivity contribution in [2.75, 3.05) is 19.7 Å². The second-order valence-corrected chi connectivity index (χ2v) is 3.33. The molecule has 2 amide bonds. The summed E-state index contributed by atoms with van der Waals surface area (Å²) in [5.74, 6) is 3.06. The van der Waals surface area contributed by atoms with E-state index in [1.165, 1.54) is 0 Å². The van der Waals surface area contributed by atoms with Crippen LogP contribution in [0.25, 0.3) is 0 Å². The molecule has 1 atom stereocenters. The van der Waals surface area contributed by atoms with Gasteiger partial charge in [-0.25, -0.2) is 5.84 Å². The Balaban J connectivity index is 2.58. The maximum atomic E-state index is 11.2. The van der Waals surface area contributed by atoms with Gasteiger partial charge in [0.05, 0.1) is 13.2 Å². The van der Waals surface area contributed by atoms with Crippen LogP contribution in [0.3, 0.4) is 0 Å². The van der Waals surface area contributed by atoms with Gasteiger partial charge in [-0.1, -0.05) is 0 Å². The molecule has 1 heterocycles. The summed E-state index contributed by atoms with van der Waals surface area (Å²) in [6.45, 7) is -0.236. The van der Waals surface area contributed by atoms with E-state index in [-0.39, 0.29) is 19.5 Å². The van der Waals surface area contributed by atoms with E-state index in [9.17, 15) is 14.7 Å². The fourth-order valence-corrected chi connectivity index (χ4v) is 1.36. The van der Waals surface area contributed by atoms with E-state index in [1.807, 2.05) is 0 Å². The maximum Gasteiger partial charge on any atom is 0.323 e. The Morgan fingerprint density at radius 3 is 2.64 bits per heavy atom. The van der Waals surface area contributed by atoms with Crippen molar-refractivity contribution >= 4 is 11.8 Å². The molecular formula is C7H13N3O4. The van der Waals surface area contributed by atoms with Crippen LogP contribution in [0, 0.1) is 0 Å². The normalized spacial score (nSPS) is 26.4. The number of likely N-dealkylation sites (tertiary alicyclic amines) is 1. The lowest BCUT2D eigenvalue weighted by Gasteiger charge is -2.20. The van der Waals surface area contributed by atoms with Gasteiger partial charge in [-0.3, -0.25) is 15.0 Å². The van der Waals surface area contributed by atoms with Crippen molar-refractivity contribution in [2.45, 2.75) is 12.0 Å². The molecule has 5 N–H and O–H groups in total. The number of aliphatic hydroxyl groups excluding tert-OH is 1. The number of hydrazine groups is 1. The minimum Gasteiger partial charge on any atom is -0.393 e. The molecule has 1 aliphatic heterocycles. The minimum atomic E-state index is -1.29. The number of aliphatic hydroxyl groups is 2. The molecule has 1 aliphatic rings. The van der Waals surface area contributed by atoms with Gasteiger partial charge in [-0.2, -0.15) is 0 Å². The first kappa shape index (κ1) is 10.9. The quantitative estimate of drug-likeness (QED) is 0.156. The Kier molecular flexibility index (Phi) is 3.04. The first-order chi connectivity index (χ1) is 6.52. The monoisotopic (exact) mass is 203 g/mol. The standard InChI is InChI=1S/C7H13N3O4/c8-9-5(12)6(13)10-2-1-7(14,3-10)4-11/h11,14H,1-4,8H2,(H,9,12). The van der Waals surface area contributed by atoms with Crippen molar-refractivity contribution in [1.82, 2.24) is 10.3 Å². The van der Waals surface area contributed by atoms with E-state index >= 15 is 0 Å². The van der Waals surface area contributed by atoms with Crippen LogP contribution in [-0.2, 0) is 9.59 Å². The van der Waals surface area contributed by atoms with Gasteiger partial charge >= 0.3 is 11.8 Å². The zero-order chi connectivity index (χ0) is 10.8. The van der Waals surface area contributed by atoms with Gasteiger partial charge in [0.2, 0.25) is 0 Å². The number of nitrogens with zero attached hydrogens (tertiary/aromatic N) is 1. The van der Waals surface area contributed by atoms with Crippen molar-refractivity contribution in [3.8, 4) is 0 Å². The molecule has 1 unspecified atom stereocenters. The van der Waals surface area contributed by atoms with Gasteiger partial charge in [-0.05, 0) is 6.42 Å². The van der Waals surface area contributed by atoms with Crippen molar-refractivity contribution < 1.29 is 19.8 Å². The number of nitrogens with one attached hydrogen (secondary N) is 1. The second kappa shape index (κ2) is 3.91. The number of carbonyl (C=O) groups excluding carboxylic acids is 2. The molecule has 0 spiro atoms. The zero-order valence-electron chi connectivity index (χ0n) is 7.56. The van der Waals surface area contributed by atoms with Crippen LogP contribution < -0.4 is 11.3 Å². The van der Waals surface area contributed by atoms with Crippen molar-refractivity contribution in [2.24, 2.45) is 5.84 Å². The molecule has 0 radical (unpaired) electrons. The van der Waals surface area contributed by atoms with Gasteiger partial charge in [0.25, 0.3) is 0 Å². The molecule has 0 saturated carbocycles. The minimum absolute atomic E-state index is 0.0459. The summed E-state index contributed by atoms with van der Waals surface area (Å²) in [6, 6.07) is 0. The summed E-state index contributed by atoms with van der Waals surface area (Å²) in [5.41, 5.74) is 0.426. The third-order valence-corrected chi connectivity index (χ3v) is 2.24. The molecule has 0 aliphatic carbocycles. The van der Waals surface area contributed by atoms with E-state index in [0.717, 1.165) is 4.90 Å². The molecule has 0 aromatic heterocycles. The molecule has 0 bridgehead atoms. The van der Waals surface area contributed by atoms with Gasteiger partial charge in [0.1, 0.15) is 5.60 Å². The van der Waals surface area contributed by atoms with E-state index in [0.29, 0.717) is 0 Å². The Bertz CT molecular complexity index is 257. The van der Waals surface area contributed by atoms with E-state index < -0.39 is 24.0 Å². The lowest BCUT2D eigenvalue weighted by Crippen LogP contribution is -2.46. The lowest BCUT2D eigenvalue weighted by molar-refractivity contribution is -0.145. The summed E-state index contributed by atoms with van der Waals surface area (Å²) in [5, 5.41) is 18.4. The van der Waals surface area contributed by atoms with Gasteiger partial charge in [0.15, 0.2) is 0 Å². The number of nitrogens with two attached hydrogens (primary N) is 1. The number of hydrogen-bond donors (Lipinski definition) is 4. The number of β-amino-alcohol motifs (C(OH)–C–C–N with tert-alkyl or cyclic N) is 1. The Hall–Kier alpha value is -1.18. The molecule has 80 valence electrons. The third kappa shape index (κ3) is 2.00. The smallest absolute Gasteiger partial charge is 0.323 e. The summed E-state index contributed by atoms with van der Waals surface area (Å²) >= 11 is 0. The molecule has 7 heteroatoms. The summed E-state index contributed by atoms with van der Waals surface area (Å²) in [7, 11) is 0. The number of carbonyl (C=O) groups is 2. The lowest BCUT2D eigenvalue weighted by atomic mass is 10.1. The van der Waals surface area contributed by atoms with E-state index in [2.05, 4.69) is 0 Å². The maximum absolute atomic E-state index is 11.2. The van der Waals surface area contributed by atoms with Crippen LogP contribution in [0.5, 0.6) is 0 Å². The topological polar surface area (TPSA) is 116 Å². The Morgan fingerprint density at radius 2 is 2.21 bits per heavy atom. The van der Waals surface area contributed by atoms with Gasteiger partial charge < -0.3 is 15.1 Å². The predicted octanol–water partition coefficient (Wildman–Crippen LogP) is -3.07. The Morgan fingerprint density at radius 1 is 1.57 bits per heavy atom. The Labute approximate surface area is 80.5 Å². The fraction of sp³-hybridized carbons (Fsp3) is 0.714. The van der Waals surface area contributed by atoms with E-state index in [4.69, 9.17) is 10.9 Å². The molecule has 1 rings (SSSR count). The molecule has 14 heavy (non-hydrogen) atoms. The molecule has 1 saturated heterocycles. The SMILES string of the molecule is NNC(=O)C(=O)N1CCC(O)(CO)C1. The van der Waals surface area contributed by atoms with Crippen LogP contribution >= 0.6 is 0 Å². The number of rotatable bonds is 1. The average molecular weight is 203 g/mol. The first-order valence-corrected chi connectivity index (χ1v) is 4.15. The van der Waals surface area contributed by atoms with Gasteiger partial charge in [0, 0.05) is 6.54 Å². The van der Waals surface area contributed by atoms with Gasteiger partial charge in [-0.15, -0.1) is 0 Å². The molecule has 0 aromatic carbocycles. The van der Waals surface area contributed by atoms with Crippen LogP contribution in [0.1, 0.15) is 6.42 Å². The first-order valence-electron chi connectivity index (χ1n) is 4.15. The van der Waals surface area contributed by atoms with Crippen molar-refractivity contribution in [1.29, 1.82) is 0 Å². The highest BCUT2D eigenvalue weighted by Gasteiger charge is 2.39. The highest BCUT2D eigenvalue weighted by atomic mass is 16.3. The fourth-order valence-electron chi connectivity index (χ4n) is 1.36. The van der Waals surface area contributed by atoms with Crippen LogP contribution in [0.2, 0.25) is 0 Å². The van der Waals surface area contributed by atoms with Crippen molar-refractivity contribution in [3.63, 3.8) is 0 Å². The van der Waals surface area contributed by atoms with Crippen LogP contribution in [-0.4, -0.2) is 52.2 Å². The summed E-state index contributed by atoms with van der Waals surface area (Å²) < 4.78 is 0. The highest BCUT2D eigenvalue weighted by molar-refractivity contribution is 6.34.